The standard InChI is InChI=1S/C13H12Br2FN3/c14-9-3-8(6-18-7-9)13(5-17)19-10-1-2-12(16)11(15)4-10/h1-4,6-7,13,19H,5,17H2. The normalized spacial score (nSPS) is 12.2. The van der Waals surface area contributed by atoms with Gasteiger partial charge in [0.05, 0.1) is 10.5 Å². The first-order chi connectivity index (χ1) is 9.10. The summed E-state index contributed by atoms with van der Waals surface area (Å²) >= 11 is 6.54. The van der Waals surface area contributed by atoms with Crippen LogP contribution in [0.5, 0.6) is 0 Å². The van der Waals surface area contributed by atoms with Gasteiger partial charge >= 0.3 is 0 Å². The van der Waals surface area contributed by atoms with Gasteiger partial charge in [-0.25, -0.2) is 4.39 Å². The van der Waals surface area contributed by atoms with Crippen molar-refractivity contribution in [1.82, 2.24) is 4.98 Å². The maximum absolute atomic E-state index is 13.2. The molecular weight excluding hydrogens is 377 g/mol. The van der Waals surface area contributed by atoms with Gasteiger partial charge in [0.2, 0.25) is 0 Å². The van der Waals surface area contributed by atoms with Crippen molar-refractivity contribution in [3.05, 3.63) is 57.0 Å². The molecule has 2 rings (SSSR count). The molecule has 0 spiro atoms. The fraction of sp³-hybridized carbons (Fsp3) is 0.154. The second-order valence-corrected chi connectivity index (χ2v) is 5.77. The Balaban J connectivity index is 2.21. The van der Waals surface area contributed by atoms with Crippen LogP contribution in [0.1, 0.15) is 11.6 Å². The lowest BCUT2D eigenvalue weighted by molar-refractivity contribution is 0.621. The summed E-state index contributed by atoms with van der Waals surface area (Å²) in [5.41, 5.74) is 7.54. The third-order valence-corrected chi connectivity index (χ3v) is 3.67. The second-order valence-electron chi connectivity index (χ2n) is 4.00. The Bertz CT molecular complexity index is 578. The SMILES string of the molecule is NCC(Nc1ccc(F)c(Br)c1)c1cncc(Br)c1. The lowest BCUT2D eigenvalue weighted by Crippen LogP contribution is -2.20. The number of benzene rings is 1. The van der Waals surface area contributed by atoms with E-state index in [1.807, 2.05) is 6.07 Å². The van der Waals surface area contributed by atoms with E-state index in [0.29, 0.717) is 11.0 Å². The maximum atomic E-state index is 13.2. The van der Waals surface area contributed by atoms with Crippen molar-refractivity contribution in [1.29, 1.82) is 0 Å². The molecule has 2 aromatic rings. The van der Waals surface area contributed by atoms with Gasteiger partial charge in [-0.3, -0.25) is 4.98 Å². The number of nitrogens with one attached hydrogen (secondary N) is 1. The summed E-state index contributed by atoms with van der Waals surface area (Å²) < 4.78 is 14.5. The zero-order chi connectivity index (χ0) is 13.8. The number of nitrogens with two attached hydrogens (primary N) is 1. The fourth-order valence-corrected chi connectivity index (χ4v) is 2.45. The number of nitrogens with zero attached hydrogens (tertiary/aromatic N) is 1. The molecule has 3 N–H and O–H groups in total. The number of aromatic nitrogens is 1. The smallest absolute Gasteiger partial charge is 0.137 e. The van der Waals surface area contributed by atoms with Gasteiger partial charge in [0.1, 0.15) is 5.82 Å². The molecule has 1 heterocycles. The van der Waals surface area contributed by atoms with Crippen molar-refractivity contribution in [2.45, 2.75) is 6.04 Å². The predicted molar refractivity (Wildman–Crippen MR) is 81.5 cm³/mol. The second kappa shape index (κ2) is 6.45. The van der Waals surface area contributed by atoms with Crippen LogP contribution in [0.4, 0.5) is 10.1 Å². The minimum atomic E-state index is -0.293. The summed E-state index contributed by atoms with van der Waals surface area (Å²) in [5, 5.41) is 3.26. The summed E-state index contributed by atoms with van der Waals surface area (Å²) in [4.78, 5) is 4.11. The quantitative estimate of drug-likeness (QED) is 0.836. The lowest BCUT2D eigenvalue weighted by atomic mass is 10.1. The number of rotatable bonds is 4. The highest BCUT2D eigenvalue weighted by Crippen LogP contribution is 2.24. The molecule has 1 aromatic carbocycles. The fourth-order valence-electron chi connectivity index (χ4n) is 1.68. The average molecular weight is 389 g/mol. The summed E-state index contributed by atoms with van der Waals surface area (Å²) in [5.74, 6) is -0.293. The monoisotopic (exact) mass is 387 g/mol. The Kier molecular flexibility index (Phi) is 4.90. The minimum absolute atomic E-state index is 0.0811. The van der Waals surface area contributed by atoms with Gasteiger partial charge in [-0.1, -0.05) is 0 Å². The molecule has 0 bridgehead atoms. The molecule has 0 aliphatic carbocycles. The predicted octanol–water partition coefficient (Wildman–Crippen LogP) is 3.86. The Morgan fingerprint density at radius 3 is 2.68 bits per heavy atom. The molecule has 0 saturated heterocycles. The van der Waals surface area contributed by atoms with Crippen molar-refractivity contribution < 1.29 is 4.39 Å². The molecule has 1 unspecified atom stereocenters. The van der Waals surface area contributed by atoms with E-state index in [4.69, 9.17) is 5.73 Å². The molecule has 0 aliphatic rings. The molecule has 0 aliphatic heterocycles. The summed E-state index contributed by atoms with van der Waals surface area (Å²) in [6, 6.07) is 6.63. The van der Waals surface area contributed by atoms with Crippen LogP contribution >= 0.6 is 31.9 Å². The van der Waals surface area contributed by atoms with E-state index < -0.39 is 0 Å². The molecule has 6 heteroatoms. The Morgan fingerprint density at radius 1 is 1.26 bits per heavy atom. The van der Waals surface area contributed by atoms with Crippen molar-refractivity contribution in [2.24, 2.45) is 5.73 Å². The van der Waals surface area contributed by atoms with E-state index in [2.05, 4.69) is 42.2 Å². The van der Waals surface area contributed by atoms with E-state index in [1.54, 1.807) is 24.5 Å². The van der Waals surface area contributed by atoms with Crippen LogP contribution in [0.15, 0.2) is 45.6 Å². The molecule has 3 nitrogen and oxygen atoms in total. The van der Waals surface area contributed by atoms with Crippen LogP contribution in [-0.4, -0.2) is 11.5 Å². The molecule has 100 valence electrons. The van der Waals surface area contributed by atoms with Gasteiger partial charge in [0, 0.05) is 29.1 Å². The first-order valence-corrected chi connectivity index (χ1v) is 7.21. The highest BCUT2D eigenvalue weighted by Gasteiger charge is 2.11. The number of anilines is 1. The van der Waals surface area contributed by atoms with Crippen LogP contribution in [0, 0.1) is 5.82 Å². The van der Waals surface area contributed by atoms with Crippen LogP contribution in [0.3, 0.4) is 0 Å². The van der Waals surface area contributed by atoms with Crippen molar-refractivity contribution in [2.75, 3.05) is 11.9 Å². The van der Waals surface area contributed by atoms with Gasteiger partial charge < -0.3 is 11.1 Å². The molecule has 1 aromatic heterocycles. The number of halogens is 3. The van der Waals surface area contributed by atoms with Crippen molar-refractivity contribution in [3.63, 3.8) is 0 Å². The first kappa shape index (κ1) is 14.4. The van der Waals surface area contributed by atoms with E-state index in [0.717, 1.165) is 15.7 Å². The molecule has 0 fully saturated rings. The van der Waals surface area contributed by atoms with Gasteiger partial charge in [-0.05, 0) is 61.7 Å². The van der Waals surface area contributed by atoms with E-state index >= 15 is 0 Å². The molecule has 1 atom stereocenters. The van der Waals surface area contributed by atoms with Gasteiger partial charge in [-0.2, -0.15) is 0 Å². The van der Waals surface area contributed by atoms with E-state index in [-0.39, 0.29) is 11.9 Å². The van der Waals surface area contributed by atoms with Gasteiger partial charge in [0.25, 0.3) is 0 Å². The molecular formula is C13H12Br2FN3. The first-order valence-electron chi connectivity index (χ1n) is 5.62. The third-order valence-electron chi connectivity index (χ3n) is 2.62. The molecule has 0 saturated carbocycles. The van der Waals surface area contributed by atoms with Gasteiger partial charge in [-0.15, -0.1) is 0 Å². The van der Waals surface area contributed by atoms with Crippen molar-refractivity contribution in [3.8, 4) is 0 Å². The summed E-state index contributed by atoms with van der Waals surface area (Å²) in [6.07, 6.45) is 3.47. The van der Waals surface area contributed by atoms with Crippen molar-refractivity contribution >= 4 is 37.5 Å². The Hall–Kier alpha value is -0.980. The van der Waals surface area contributed by atoms with Gasteiger partial charge in [0.15, 0.2) is 0 Å². The zero-order valence-electron chi connectivity index (χ0n) is 9.91. The minimum Gasteiger partial charge on any atom is -0.377 e. The lowest BCUT2D eigenvalue weighted by Gasteiger charge is -2.18. The Labute approximate surface area is 127 Å². The largest absolute Gasteiger partial charge is 0.377 e. The maximum Gasteiger partial charge on any atom is 0.137 e. The highest BCUT2D eigenvalue weighted by molar-refractivity contribution is 9.10. The van der Waals surface area contributed by atoms with Crippen LogP contribution < -0.4 is 11.1 Å². The zero-order valence-corrected chi connectivity index (χ0v) is 13.1. The summed E-state index contributed by atoms with van der Waals surface area (Å²) in [7, 11) is 0. The number of hydrogen-bond donors (Lipinski definition) is 2. The molecule has 0 radical (unpaired) electrons. The molecule has 0 amide bonds. The topological polar surface area (TPSA) is 50.9 Å². The van der Waals surface area contributed by atoms with E-state index in [9.17, 15) is 4.39 Å². The number of hydrogen-bond acceptors (Lipinski definition) is 3. The van der Waals surface area contributed by atoms with Crippen LogP contribution in [0.2, 0.25) is 0 Å². The molecule has 19 heavy (non-hydrogen) atoms. The number of pyridine rings is 1. The third kappa shape index (κ3) is 3.75. The Morgan fingerprint density at radius 2 is 2.05 bits per heavy atom. The highest BCUT2D eigenvalue weighted by atomic mass is 79.9. The summed E-state index contributed by atoms with van der Waals surface area (Å²) in [6.45, 7) is 0.410. The van der Waals surface area contributed by atoms with E-state index in [1.165, 1.54) is 6.07 Å². The van der Waals surface area contributed by atoms with Crippen LogP contribution in [-0.2, 0) is 0 Å². The average Bonchev–Trinajstić information content (AvgIpc) is 2.40. The van der Waals surface area contributed by atoms with Crippen LogP contribution in [0.25, 0.3) is 0 Å².